The molecule has 1 fully saturated rings. The Kier molecular flexibility index (Phi) is 8.81. The van der Waals surface area contributed by atoms with Crippen LogP contribution in [0.5, 0.6) is 0 Å². The molecule has 2 rings (SSSR count). The number of esters is 1. The molecule has 1 saturated carbocycles. The van der Waals surface area contributed by atoms with Crippen molar-refractivity contribution in [3.63, 3.8) is 0 Å². The predicted molar refractivity (Wildman–Crippen MR) is 124 cm³/mol. The molecule has 174 valence electrons. The number of hydrogen-bond acceptors (Lipinski definition) is 6. The summed E-state index contributed by atoms with van der Waals surface area (Å²) in [6.45, 7) is 3.42. The van der Waals surface area contributed by atoms with Crippen molar-refractivity contribution in [2.45, 2.75) is 20.5 Å². The van der Waals surface area contributed by atoms with Crippen LogP contribution in [0.25, 0.3) is 0 Å². The van der Waals surface area contributed by atoms with Crippen molar-refractivity contribution in [3.8, 4) is 0 Å². The molecule has 1 aliphatic rings. The Hall–Kier alpha value is -0.480. The first kappa shape index (κ1) is 26.8. The average Bonchev–Trinajstić information content (AvgIpc) is 3.24. The van der Waals surface area contributed by atoms with E-state index >= 15 is 0 Å². The molecule has 0 aliphatic heterocycles. The molecular formula is C18H21Cl5N2O5S. The van der Waals surface area contributed by atoms with Gasteiger partial charge in [-0.3, -0.25) is 4.79 Å². The Morgan fingerprint density at radius 3 is 2.10 bits per heavy atom. The van der Waals surface area contributed by atoms with E-state index in [1.54, 1.807) is 0 Å². The lowest BCUT2D eigenvalue weighted by molar-refractivity contribution is -0.147. The van der Waals surface area contributed by atoms with Crippen LogP contribution in [0.4, 0.5) is 0 Å². The van der Waals surface area contributed by atoms with E-state index in [-0.39, 0.29) is 55.6 Å². The normalized spacial score (nSPS) is 20.3. The van der Waals surface area contributed by atoms with Gasteiger partial charge in [-0.25, -0.2) is 12.7 Å². The maximum Gasteiger partial charge on any atom is 0.310 e. The summed E-state index contributed by atoms with van der Waals surface area (Å²) in [4.78, 5) is 17.6. The number of carbonyl (C=O) groups is 1. The van der Waals surface area contributed by atoms with Gasteiger partial charge in [0.25, 0.3) is 0 Å². The molecule has 0 bridgehead atoms. The van der Waals surface area contributed by atoms with Crippen LogP contribution in [0.3, 0.4) is 0 Å². The lowest BCUT2D eigenvalue weighted by Crippen LogP contribution is -2.26. The van der Waals surface area contributed by atoms with E-state index in [4.69, 9.17) is 67.6 Å². The van der Waals surface area contributed by atoms with Crippen molar-refractivity contribution in [3.05, 3.63) is 30.7 Å². The first-order chi connectivity index (χ1) is 14.2. The Labute approximate surface area is 206 Å². The van der Waals surface area contributed by atoms with Gasteiger partial charge < -0.3 is 9.57 Å². The van der Waals surface area contributed by atoms with Gasteiger partial charge in [-0.1, -0.05) is 77.0 Å². The van der Waals surface area contributed by atoms with Gasteiger partial charge in [-0.15, -0.1) is 0 Å². The molecule has 0 aromatic heterocycles. The van der Waals surface area contributed by atoms with Crippen LogP contribution in [0.1, 0.15) is 19.4 Å². The predicted octanol–water partition coefficient (Wildman–Crippen LogP) is 5.16. The molecule has 7 nitrogen and oxygen atoms in total. The zero-order valence-electron chi connectivity index (χ0n) is 17.1. The topological polar surface area (TPSA) is 85.3 Å². The maximum absolute atomic E-state index is 12.6. The summed E-state index contributed by atoms with van der Waals surface area (Å²) in [7, 11) is -0.492. The third-order valence-electron chi connectivity index (χ3n) is 5.11. The molecule has 0 amide bonds. The zero-order chi connectivity index (χ0) is 23.7. The van der Waals surface area contributed by atoms with Crippen molar-refractivity contribution >= 4 is 80.2 Å². The van der Waals surface area contributed by atoms with Gasteiger partial charge in [0.1, 0.15) is 19.0 Å². The first-order valence-corrected chi connectivity index (χ1v) is 12.5. The van der Waals surface area contributed by atoms with Crippen molar-refractivity contribution in [2.75, 3.05) is 26.5 Å². The molecule has 0 heterocycles. The number of hydrogen-bond donors (Lipinski definition) is 0. The largest absolute Gasteiger partial charge is 0.460 e. The van der Waals surface area contributed by atoms with Crippen LogP contribution in [0.15, 0.2) is 5.16 Å². The van der Waals surface area contributed by atoms with Gasteiger partial charge in [0.05, 0.1) is 31.0 Å². The summed E-state index contributed by atoms with van der Waals surface area (Å²) in [5, 5.41) is 3.98. The summed E-state index contributed by atoms with van der Waals surface area (Å²) in [6, 6.07) is 0. The van der Waals surface area contributed by atoms with Crippen LogP contribution in [0.2, 0.25) is 25.1 Å². The molecule has 0 saturated heterocycles. The number of benzene rings is 1. The number of nitrogens with zero attached hydrogens (tertiary/aromatic N) is 2. The van der Waals surface area contributed by atoms with E-state index in [9.17, 15) is 13.2 Å². The van der Waals surface area contributed by atoms with Crippen LogP contribution in [-0.2, 0) is 31.0 Å². The second-order valence-corrected chi connectivity index (χ2v) is 11.9. The fraction of sp³-hybridized carbons (Fsp3) is 0.556. The monoisotopic (exact) mass is 552 g/mol. The molecule has 1 aromatic carbocycles. The fourth-order valence-corrected chi connectivity index (χ4v) is 4.84. The quantitative estimate of drug-likeness (QED) is 0.105. The van der Waals surface area contributed by atoms with Gasteiger partial charge in [0.15, 0.2) is 0 Å². The van der Waals surface area contributed by atoms with Crippen LogP contribution < -0.4 is 0 Å². The molecular weight excluding hydrogens is 534 g/mol. The summed E-state index contributed by atoms with van der Waals surface area (Å²) in [6.07, 6.45) is 1.48. The number of ether oxygens (including phenoxy) is 1. The summed E-state index contributed by atoms with van der Waals surface area (Å²) in [5.41, 5.74) is -0.159. The SMILES string of the molecule is CN(C)S(=O)(=O)CCO/N=C/C1C(C(=O)OCc2c(Cl)c(Cl)c(Cl)c(Cl)c2Cl)C1(C)C. The van der Waals surface area contributed by atoms with E-state index in [2.05, 4.69) is 5.16 Å². The Morgan fingerprint density at radius 2 is 1.58 bits per heavy atom. The average molecular weight is 555 g/mol. The van der Waals surface area contributed by atoms with E-state index < -0.39 is 27.3 Å². The van der Waals surface area contributed by atoms with Gasteiger partial charge in [-0.2, -0.15) is 0 Å². The van der Waals surface area contributed by atoms with Crippen LogP contribution >= 0.6 is 58.0 Å². The maximum atomic E-state index is 12.6. The molecule has 2 unspecified atom stereocenters. The minimum atomic E-state index is -3.37. The lowest BCUT2D eigenvalue weighted by Gasteiger charge is -2.13. The summed E-state index contributed by atoms with van der Waals surface area (Å²) in [5.74, 6) is -1.40. The van der Waals surface area contributed by atoms with Gasteiger partial charge >= 0.3 is 5.97 Å². The van der Waals surface area contributed by atoms with E-state index in [1.165, 1.54) is 20.3 Å². The molecule has 1 aliphatic carbocycles. The fourth-order valence-electron chi connectivity index (χ4n) is 2.90. The minimum absolute atomic E-state index is 0.0198. The van der Waals surface area contributed by atoms with Crippen LogP contribution in [-0.4, -0.2) is 51.4 Å². The first-order valence-electron chi connectivity index (χ1n) is 8.96. The highest BCUT2D eigenvalue weighted by Gasteiger charge is 2.62. The van der Waals surface area contributed by atoms with Crippen molar-refractivity contribution < 1.29 is 22.8 Å². The smallest absolute Gasteiger partial charge is 0.310 e. The summed E-state index contributed by atoms with van der Waals surface area (Å²) >= 11 is 30.3. The zero-order valence-corrected chi connectivity index (χ0v) is 21.7. The molecule has 31 heavy (non-hydrogen) atoms. The number of rotatable bonds is 9. The number of halogens is 5. The number of oxime groups is 1. The minimum Gasteiger partial charge on any atom is -0.460 e. The molecule has 13 heteroatoms. The number of sulfonamides is 1. The second-order valence-electron chi connectivity index (χ2n) is 7.67. The van der Waals surface area contributed by atoms with Gasteiger partial charge in [0.2, 0.25) is 10.0 Å². The number of carbonyl (C=O) groups excluding carboxylic acids is 1. The van der Waals surface area contributed by atoms with Crippen molar-refractivity contribution in [1.29, 1.82) is 0 Å². The highest BCUT2D eigenvalue weighted by atomic mass is 35.5. The highest BCUT2D eigenvalue weighted by molar-refractivity contribution is 7.89. The van der Waals surface area contributed by atoms with E-state index in [0.29, 0.717) is 0 Å². The van der Waals surface area contributed by atoms with E-state index in [0.717, 1.165) is 4.31 Å². The van der Waals surface area contributed by atoms with Crippen molar-refractivity contribution in [1.82, 2.24) is 4.31 Å². The molecule has 0 spiro atoms. The molecule has 0 radical (unpaired) electrons. The lowest BCUT2D eigenvalue weighted by atomic mass is 10.1. The standard InChI is InChI=1S/C18H21Cl5N2O5S/c1-18(2)10(7-24-30-5-6-31(27,28)25(3)4)11(18)17(26)29-8-9-12(19)14(21)16(23)15(22)13(9)20/h7,10-11H,5-6,8H2,1-4H3/b24-7+. The third-order valence-corrected chi connectivity index (χ3v) is 9.26. The van der Waals surface area contributed by atoms with Gasteiger partial charge in [-0.05, 0) is 5.41 Å². The third kappa shape index (κ3) is 5.91. The van der Waals surface area contributed by atoms with Crippen LogP contribution in [0, 0.1) is 17.3 Å². The Balaban J connectivity index is 1.95. The molecule has 0 N–H and O–H groups in total. The summed E-state index contributed by atoms with van der Waals surface area (Å²) < 4.78 is 29.8. The second kappa shape index (κ2) is 10.2. The molecule has 1 aromatic rings. The molecule has 2 atom stereocenters. The van der Waals surface area contributed by atoms with Crippen molar-refractivity contribution in [2.24, 2.45) is 22.4 Å². The highest BCUT2D eigenvalue weighted by Crippen LogP contribution is 2.58. The van der Waals surface area contributed by atoms with Gasteiger partial charge in [0, 0.05) is 31.8 Å². The Bertz CT molecular complexity index is 969. The Morgan fingerprint density at radius 1 is 1.06 bits per heavy atom. The van der Waals surface area contributed by atoms with E-state index in [1.807, 2.05) is 13.8 Å².